The van der Waals surface area contributed by atoms with Crippen molar-refractivity contribution in [1.29, 1.82) is 0 Å². The molecule has 140 valence electrons. The van der Waals surface area contributed by atoms with E-state index in [2.05, 4.69) is 0 Å². The summed E-state index contributed by atoms with van der Waals surface area (Å²) < 4.78 is 11.3. The standard InChI is InChI=1S/C22H22O4S/c1-16-4-8-18(9-5-16)25-12-13-26-19-10-6-17(7-11-19)15-20(22(23)24)21-3-2-14-27-21/h2-11,14,20H,12-13,15H2,1H3,(H,23,24). The van der Waals surface area contributed by atoms with E-state index in [-0.39, 0.29) is 0 Å². The van der Waals surface area contributed by atoms with Crippen LogP contribution in [0.3, 0.4) is 0 Å². The molecule has 0 saturated carbocycles. The molecule has 27 heavy (non-hydrogen) atoms. The number of ether oxygens (including phenoxy) is 2. The molecule has 0 saturated heterocycles. The van der Waals surface area contributed by atoms with Crippen LogP contribution in [0.15, 0.2) is 66.0 Å². The second kappa shape index (κ2) is 9.24. The first-order valence-corrected chi connectivity index (χ1v) is 9.67. The largest absolute Gasteiger partial charge is 0.490 e. The lowest BCUT2D eigenvalue weighted by Crippen LogP contribution is -2.13. The summed E-state index contributed by atoms with van der Waals surface area (Å²) in [6.45, 7) is 2.94. The molecule has 1 atom stereocenters. The molecule has 0 radical (unpaired) electrons. The third-order valence-electron chi connectivity index (χ3n) is 4.19. The van der Waals surface area contributed by atoms with Gasteiger partial charge in [0, 0.05) is 4.88 Å². The van der Waals surface area contributed by atoms with Gasteiger partial charge < -0.3 is 14.6 Å². The minimum atomic E-state index is -0.800. The molecule has 0 aliphatic heterocycles. The van der Waals surface area contributed by atoms with Crippen LogP contribution < -0.4 is 9.47 Å². The average molecular weight is 382 g/mol. The van der Waals surface area contributed by atoms with Gasteiger partial charge in [0.15, 0.2) is 0 Å². The van der Waals surface area contributed by atoms with Crippen LogP contribution in [0.25, 0.3) is 0 Å². The predicted molar refractivity (Wildman–Crippen MR) is 107 cm³/mol. The van der Waals surface area contributed by atoms with E-state index in [4.69, 9.17) is 9.47 Å². The Balaban J connectivity index is 1.48. The quantitative estimate of drug-likeness (QED) is 0.534. The molecule has 1 N–H and O–H groups in total. The lowest BCUT2D eigenvalue weighted by molar-refractivity contribution is -0.138. The molecule has 0 spiro atoms. The topological polar surface area (TPSA) is 55.8 Å². The van der Waals surface area contributed by atoms with Crippen molar-refractivity contribution in [1.82, 2.24) is 0 Å². The fraction of sp³-hybridized carbons (Fsp3) is 0.227. The summed E-state index contributed by atoms with van der Waals surface area (Å²) in [5.74, 6) is 0.257. The third kappa shape index (κ3) is 5.59. The molecule has 0 amide bonds. The Morgan fingerprint density at radius 3 is 2.07 bits per heavy atom. The van der Waals surface area contributed by atoms with Crippen LogP contribution >= 0.6 is 11.3 Å². The zero-order valence-electron chi connectivity index (χ0n) is 15.1. The normalized spacial score (nSPS) is 11.7. The fourth-order valence-corrected chi connectivity index (χ4v) is 3.53. The summed E-state index contributed by atoms with van der Waals surface area (Å²) in [6, 6.07) is 19.2. The van der Waals surface area contributed by atoms with Crippen LogP contribution in [0.2, 0.25) is 0 Å². The summed E-state index contributed by atoms with van der Waals surface area (Å²) in [5.41, 5.74) is 2.17. The van der Waals surface area contributed by atoms with Gasteiger partial charge in [-0.3, -0.25) is 4.79 Å². The Morgan fingerprint density at radius 1 is 0.963 bits per heavy atom. The minimum absolute atomic E-state index is 0.445. The number of benzene rings is 2. The lowest BCUT2D eigenvalue weighted by Gasteiger charge is -2.12. The average Bonchev–Trinajstić information content (AvgIpc) is 3.20. The van der Waals surface area contributed by atoms with Crippen LogP contribution in [-0.2, 0) is 11.2 Å². The van der Waals surface area contributed by atoms with Gasteiger partial charge in [-0.25, -0.2) is 0 Å². The molecular formula is C22H22O4S. The first-order chi connectivity index (χ1) is 13.1. The summed E-state index contributed by atoms with van der Waals surface area (Å²) >= 11 is 1.47. The number of aliphatic carboxylic acids is 1. The lowest BCUT2D eigenvalue weighted by atomic mass is 9.98. The maximum absolute atomic E-state index is 11.5. The second-order valence-electron chi connectivity index (χ2n) is 6.26. The molecule has 3 aromatic rings. The maximum atomic E-state index is 11.5. The van der Waals surface area contributed by atoms with Crippen molar-refractivity contribution in [3.63, 3.8) is 0 Å². The van der Waals surface area contributed by atoms with Crippen LogP contribution in [0, 0.1) is 6.92 Å². The molecule has 2 aromatic carbocycles. The molecule has 0 fully saturated rings. The number of carboxylic acids is 1. The Bertz CT molecular complexity index is 839. The molecule has 3 rings (SSSR count). The smallest absolute Gasteiger partial charge is 0.312 e. The predicted octanol–water partition coefficient (Wildman–Crippen LogP) is 4.93. The molecule has 0 bridgehead atoms. The van der Waals surface area contributed by atoms with Gasteiger partial charge in [0.05, 0.1) is 5.92 Å². The van der Waals surface area contributed by atoms with Crippen molar-refractivity contribution in [3.05, 3.63) is 82.0 Å². The van der Waals surface area contributed by atoms with Crippen molar-refractivity contribution in [2.24, 2.45) is 0 Å². The molecule has 5 heteroatoms. The van der Waals surface area contributed by atoms with E-state index in [0.29, 0.717) is 19.6 Å². The van der Waals surface area contributed by atoms with Crippen LogP contribution in [0.4, 0.5) is 0 Å². The van der Waals surface area contributed by atoms with Gasteiger partial charge in [0.2, 0.25) is 0 Å². The molecule has 0 aliphatic carbocycles. The van der Waals surface area contributed by atoms with E-state index in [9.17, 15) is 9.90 Å². The number of carbonyl (C=O) groups is 1. The van der Waals surface area contributed by atoms with Gasteiger partial charge in [-0.05, 0) is 54.6 Å². The van der Waals surface area contributed by atoms with Gasteiger partial charge in [-0.1, -0.05) is 35.9 Å². The highest BCUT2D eigenvalue weighted by atomic mass is 32.1. The van der Waals surface area contributed by atoms with E-state index in [1.165, 1.54) is 16.9 Å². The van der Waals surface area contributed by atoms with Gasteiger partial charge in [0.25, 0.3) is 0 Å². The summed E-state index contributed by atoms with van der Waals surface area (Å²) in [6.07, 6.45) is 0.465. The van der Waals surface area contributed by atoms with E-state index >= 15 is 0 Å². The van der Waals surface area contributed by atoms with Crippen molar-refractivity contribution in [3.8, 4) is 11.5 Å². The fourth-order valence-electron chi connectivity index (χ4n) is 2.71. The van der Waals surface area contributed by atoms with Crippen LogP contribution in [-0.4, -0.2) is 24.3 Å². The van der Waals surface area contributed by atoms with Gasteiger partial charge in [0.1, 0.15) is 24.7 Å². The number of rotatable bonds is 9. The SMILES string of the molecule is Cc1ccc(OCCOc2ccc(CC(C(=O)O)c3cccs3)cc2)cc1. The van der Waals surface area contributed by atoms with Crippen molar-refractivity contribution in [2.75, 3.05) is 13.2 Å². The Hall–Kier alpha value is -2.79. The summed E-state index contributed by atoms with van der Waals surface area (Å²) in [7, 11) is 0. The monoisotopic (exact) mass is 382 g/mol. The Labute approximate surface area is 163 Å². The highest BCUT2D eigenvalue weighted by Crippen LogP contribution is 2.26. The van der Waals surface area contributed by atoms with E-state index in [1.807, 2.05) is 73.0 Å². The zero-order chi connectivity index (χ0) is 19.1. The number of hydrogen-bond acceptors (Lipinski definition) is 4. The first-order valence-electron chi connectivity index (χ1n) is 8.79. The molecule has 1 heterocycles. The molecule has 4 nitrogen and oxygen atoms in total. The Morgan fingerprint density at radius 2 is 1.56 bits per heavy atom. The highest BCUT2D eigenvalue weighted by Gasteiger charge is 2.21. The molecule has 0 aliphatic rings. The number of thiophene rings is 1. The van der Waals surface area contributed by atoms with Crippen molar-refractivity contribution in [2.45, 2.75) is 19.3 Å². The third-order valence-corrected chi connectivity index (χ3v) is 5.18. The minimum Gasteiger partial charge on any atom is -0.490 e. The van der Waals surface area contributed by atoms with Gasteiger partial charge in [-0.2, -0.15) is 0 Å². The van der Waals surface area contributed by atoms with Crippen LogP contribution in [0.5, 0.6) is 11.5 Å². The molecule has 1 unspecified atom stereocenters. The second-order valence-corrected chi connectivity index (χ2v) is 7.24. The summed E-state index contributed by atoms with van der Waals surface area (Å²) in [5, 5.41) is 11.4. The molecule has 1 aromatic heterocycles. The Kier molecular flexibility index (Phi) is 6.49. The number of carboxylic acid groups (broad SMARTS) is 1. The van der Waals surface area contributed by atoms with Gasteiger partial charge in [-0.15, -0.1) is 11.3 Å². The van der Waals surface area contributed by atoms with Crippen molar-refractivity contribution < 1.29 is 19.4 Å². The first kappa shape index (κ1) is 19.0. The van der Waals surface area contributed by atoms with Crippen LogP contribution in [0.1, 0.15) is 21.9 Å². The summed E-state index contributed by atoms with van der Waals surface area (Å²) in [4.78, 5) is 12.4. The number of aryl methyl sites for hydroxylation is 1. The zero-order valence-corrected chi connectivity index (χ0v) is 15.9. The highest BCUT2D eigenvalue weighted by molar-refractivity contribution is 7.10. The number of hydrogen-bond donors (Lipinski definition) is 1. The molecular weight excluding hydrogens is 360 g/mol. The van der Waals surface area contributed by atoms with Crippen molar-refractivity contribution >= 4 is 17.3 Å². The van der Waals surface area contributed by atoms with E-state index < -0.39 is 11.9 Å². The maximum Gasteiger partial charge on any atom is 0.312 e. The van der Waals surface area contributed by atoms with Gasteiger partial charge >= 0.3 is 5.97 Å². The van der Waals surface area contributed by atoms with E-state index in [0.717, 1.165) is 21.9 Å². The van der Waals surface area contributed by atoms with E-state index in [1.54, 1.807) is 0 Å².